The number of hydrogen-bond donors (Lipinski definition) is 2. The molecule has 1 amide bonds. The van der Waals surface area contributed by atoms with E-state index in [1.54, 1.807) is 24.3 Å². The number of aromatic nitrogens is 2. The summed E-state index contributed by atoms with van der Waals surface area (Å²) in [7, 11) is 0. The first kappa shape index (κ1) is 15.7. The van der Waals surface area contributed by atoms with Gasteiger partial charge in [0.05, 0.1) is 15.2 Å². The van der Waals surface area contributed by atoms with Gasteiger partial charge in [0.15, 0.2) is 0 Å². The van der Waals surface area contributed by atoms with Crippen LogP contribution in [0.4, 0.5) is 0 Å². The Balaban J connectivity index is 1.63. The monoisotopic (exact) mass is 347 g/mol. The van der Waals surface area contributed by atoms with Gasteiger partial charge in [-0.2, -0.15) is 0 Å². The molecule has 23 heavy (non-hydrogen) atoms. The van der Waals surface area contributed by atoms with Crippen LogP contribution in [0.25, 0.3) is 10.2 Å². The van der Waals surface area contributed by atoms with E-state index in [4.69, 9.17) is 11.6 Å². The first-order valence-electron chi connectivity index (χ1n) is 7.06. The van der Waals surface area contributed by atoms with Crippen LogP contribution in [0.15, 0.2) is 35.1 Å². The van der Waals surface area contributed by atoms with E-state index in [0.29, 0.717) is 18.0 Å². The molecule has 0 aliphatic heterocycles. The molecule has 2 heterocycles. The predicted octanol–water partition coefficient (Wildman–Crippen LogP) is 2.92. The van der Waals surface area contributed by atoms with Gasteiger partial charge < -0.3 is 10.3 Å². The Kier molecular flexibility index (Phi) is 4.45. The first-order valence-corrected chi connectivity index (χ1v) is 8.25. The molecule has 5 nitrogen and oxygen atoms in total. The van der Waals surface area contributed by atoms with Crippen molar-refractivity contribution in [3.8, 4) is 0 Å². The Labute approximate surface area is 141 Å². The van der Waals surface area contributed by atoms with Gasteiger partial charge in [-0.25, -0.2) is 4.98 Å². The molecule has 0 fully saturated rings. The minimum Gasteiger partial charge on any atom is -0.351 e. The van der Waals surface area contributed by atoms with Crippen molar-refractivity contribution in [2.75, 3.05) is 6.54 Å². The van der Waals surface area contributed by atoms with E-state index in [-0.39, 0.29) is 17.0 Å². The fraction of sp³-hybridized carbons (Fsp3) is 0.188. The number of amides is 1. The topological polar surface area (TPSA) is 74.8 Å². The first-order chi connectivity index (χ1) is 11.0. The average Bonchev–Trinajstić information content (AvgIpc) is 2.88. The highest BCUT2D eigenvalue weighted by Crippen LogP contribution is 2.24. The smallest absolute Gasteiger partial charge is 0.260 e. The van der Waals surface area contributed by atoms with Crippen LogP contribution < -0.4 is 10.9 Å². The number of halogens is 1. The molecule has 118 valence electrons. The Hall–Kier alpha value is -2.18. The lowest BCUT2D eigenvalue weighted by molar-refractivity contribution is 0.0952. The molecule has 2 aromatic heterocycles. The second-order valence-corrected chi connectivity index (χ2v) is 6.66. The van der Waals surface area contributed by atoms with Crippen LogP contribution in [-0.2, 0) is 6.42 Å². The second kappa shape index (κ2) is 6.52. The molecule has 3 rings (SSSR count). The molecular formula is C16H14ClN3O2S. The summed E-state index contributed by atoms with van der Waals surface area (Å²) in [6.45, 7) is 2.18. The van der Waals surface area contributed by atoms with Gasteiger partial charge in [-0.15, -0.1) is 11.3 Å². The largest absolute Gasteiger partial charge is 0.351 e. The summed E-state index contributed by atoms with van der Waals surface area (Å²) in [6.07, 6.45) is 0.604. The lowest BCUT2D eigenvalue weighted by Gasteiger charge is -2.03. The highest BCUT2D eigenvalue weighted by molar-refractivity contribution is 7.18. The number of rotatable bonds is 4. The number of pyridine rings is 1. The summed E-state index contributed by atoms with van der Waals surface area (Å²) in [5.41, 5.74) is 1.32. The number of benzene rings is 1. The number of thiazole rings is 1. The van der Waals surface area contributed by atoms with E-state index < -0.39 is 0 Å². The molecule has 0 bridgehead atoms. The van der Waals surface area contributed by atoms with Crippen LogP contribution in [0.2, 0.25) is 5.02 Å². The Bertz CT molecular complexity index is 932. The number of carbonyl (C=O) groups is 1. The van der Waals surface area contributed by atoms with Crippen LogP contribution in [-0.4, -0.2) is 22.4 Å². The third-order valence-electron chi connectivity index (χ3n) is 3.32. The summed E-state index contributed by atoms with van der Waals surface area (Å²) in [5.74, 6) is -0.379. The number of nitrogens with zero attached hydrogens (tertiary/aromatic N) is 1. The van der Waals surface area contributed by atoms with Gasteiger partial charge in [0.2, 0.25) is 0 Å². The number of hydrogen-bond acceptors (Lipinski definition) is 4. The summed E-state index contributed by atoms with van der Waals surface area (Å²) < 4.78 is 1.06. The third kappa shape index (κ3) is 3.60. The van der Waals surface area contributed by atoms with E-state index >= 15 is 0 Å². The Morgan fingerprint density at radius 3 is 2.96 bits per heavy atom. The van der Waals surface area contributed by atoms with Gasteiger partial charge in [0.25, 0.3) is 11.5 Å². The van der Waals surface area contributed by atoms with Crippen LogP contribution >= 0.6 is 22.9 Å². The number of aryl methyl sites for hydroxylation is 1. The highest BCUT2D eigenvalue weighted by Gasteiger charge is 2.10. The Morgan fingerprint density at radius 1 is 1.35 bits per heavy atom. The van der Waals surface area contributed by atoms with Gasteiger partial charge in [-0.1, -0.05) is 11.6 Å². The van der Waals surface area contributed by atoms with Gasteiger partial charge in [0, 0.05) is 23.7 Å². The van der Waals surface area contributed by atoms with Crippen LogP contribution in [0.3, 0.4) is 0 Å². The standard InChI is InChI=1S/C16H14ClN3O2S/c1-9-2-4-11(16(22)19-9)15(21)18-7-6-14-20-12-8-10(17)3-5-13(12)23-14/h2-5,8H,6-7H2,1H3,(H,18,21)(H,19,22). The number of aromatic amines is 1. The second-order valence-electron chi connectivity index (χ2n) is 5.11. The zero-order valence-corrected chi connectivity index (χ0v) is 13.9. The zero-order chi connectivity index (χ0) is 16.4. The summed E-state index contributed by atoms with van der Waals surface area (Å²) in [4.78, 5) is 30.8. The van der Waals surface area contributed by atoms with Crippen molar-refractivity contribution in [3.05, 3.63) is 62.0 Å². The lowest BCUT2D eigenvalue weighted by Crippen LogP contribution is -2.31. The molecule has 0 atom stereocenters. The zero-order valence-electron chi connectivity index (χ0n) is 12.4. The SMILES string of the molecule is Cc1ccc(C(=O)NCCc2nc3cc(Cl)ccc3s2)c(=O)[nH]1. The van der Waals surface area contributed by atoms with Crippen molar-refractivity contribution in [2.45, 2.75) is 13.3 Å². The highest BCUT2D eigenvalue weighted by atomic mass is 35.5. The maximum atomic E-state index is 12.0. The average molecular weight is 348 g/mol. The van der Waals surface area contributed by atoms with Crippen molar-refractivity contribution >= 4 is 39.1 Å². The molecule has 3 aromatic rings. The molecule has 0 aliphatic carbocycles. The number of carbonyl (C=O) groups excluding carboxylic acids is 1. The third-order valence-corrected chi connectivity index (χ3v) is 4.65. The molecule has 0 saturated carbocycles. The normalized spacial score (nSPS) is 10.9. The minimum atomic E-state index is -0.379. The van der Waals surface area contributed by atoms with Crippen molar-refractivity contribution < 1.29 is 4.79 Å². The predicted molar refractivity (Wildman–Crippen MR) is 92.5 cm³/mol. The maximum absolute atomic E-state index is 12.0. The van der Waals surface area contributed by atoms with Crippen molar-refractivity contribution in [1.82, 2.24) is 15.3 Å². The number of fused-ring (bicyclic) bond motifs is 1. The van der Waals surface area contributed by atoms with Gasteiger partial charge in [-0.05, 0) is 37.3 Å². The fourth-order valence-corrected chi connectivity index (χ4v) is 3.30. The van der Waals surface area contributed by atoms with Gasteiger partial charge in [0.1, 0.15) is 5.56 Å². The van der Waals surface area contributed by atoms with E-state index in [0.717, 1.165) is 20.9 Å². The minimum absolute atomic E-state index is 0.117. The molecule has 0 radical (unpaired) electrons. The van der Waals surface area contributed by atoms with Gasteiger partial charge in [-0.3, -0.25) is 9.59 Å². The van der Waals surface area contributed by atoms with Gasteiger partial charge >= 0.3 is 0 Å². The van der Waals surface area contributed by atoms with Crippen molar-refractivity contribution in [2.24, 2.45) is 0 Å². The quantitative estimate of drug-likeness (QED) is 0.762. The van der Waals surface area contributed by atoms with E-state index in [1.807, 2.05) is 18.2 Å². The van der Waals surface area contributed by atoms with E-state index in [9.17, 15) is 9.59 Å². The summed E-state index contributed by atoms with van der Waals surface area (Å²) in [5, 5.41) is 4.32. The fourth-order valence-electron chi connectivity index (χ4n) is 2.18. The molecular weight excluding hydrogens is 334 g/mol. The van der Waals surface area contributed by atoms with Crippen LogP contribution in [0, 0.1) is 6.92 Å². The van der Waals surface area contributed by atoms with Crippen molar-refractivity contribution in [3.63, 3.8) is 0 Å². The van der Waals surface area contributed by atoms with Crippen LogP contribution in [0.1, 0.15) is 21.1 Å². The van der Waals surface area contributed by atoms with Crippen molar-refractivity contribution in [1.29, 1.82) is 0 Å². The molecule has 2 N–H and O–H groups in total. The lowest BCUT2D eigenvalue weighted by atomic mass is 10.2. The number of nitrogens with one attached hydrogen (secondary N) is 2. The molecule has 1 aromatic carbocycles. The van der Waals surface area contributed by atoms with E-state index in [2.05, 4.69) is 15.3 Å². The molecule has 0 unspecified atom stereocenters. The Morgan fingerprint density at radius 2 is 2.17 bits per heavy atom. The molecule has 7 heteroatoms. The van der Waals surface area contributed by atoms with Crippen LogP contribution in [0.5, 0.6) is 0 Å². The molecule has 0 saturated heterocycles. The van der Waals surface area contributed by atoms with E-state index in [1.165, 1.54) is 6.07 Å². The molecule has 0 spiro atoms. The molecule has 0 aliphatic rings. The summed E-state index contributed by atoms with van der Waals surface area (Å²) in [6, 6.07) is 8.82. The maximum Gasteiger partial charge on any atom is 0.260 e. The summed E-state index contributed by atoms with van der Waals surface area (Å²) >= 11 is 7.51. The number of H-pyrrole nitrogens is 1.